The van der Waals surface area contributed by atoms with Gasteiger partial charge in [-0.15, -0.1) is 0 Å². The molecule has 0 aliphatic heterocycles. The van der Waals surface area contributed by atoms with Crippen LogP contribution in [0.1, 0.15) is 15.9 Å². The first-order valence-corrected chi connectivity index (χ1v) is 5.95. The third-order valence-electron chi connectivity index (χ3n) is 2.30. The van der Waals surface area contributed by atoms with Crippen LogP contribution in [0.2, 0.25) is 5.02 Å². The van der Waals surface area contributed by atoms with E-state index in [1.807, 2.05) is 0 Å². The minimum absolute atomic E-state index is 0.0135. The van der Waals surface area contributed by atoms with Crippen LogP contribution in [0.15, 0.2) is 39.6 Å². The zero-order chi connectivity index (χ0) is 12.4. The highest BCUT2D eigenvalue weighted by atomic mass is 79.9. The summed E-state index contributed by atoms with van der Waals surface area (Å²) < 4.78 is 18.5. The van der Waals surface area contributed by atoms with Gasteiger partial charge in [-0.2, -0.15) is 0 Å². The number of hydrogen-bond acceptors (Lipinski definition) is 2. The predicted molar refractivity (Wildman–Crippen MR) is 65.9 cm³/mol. The van der Waals surface area contributed by atoms with E-state index in [0.717, 1.165) is 0 Å². The minimum Gasteiger partial charge on any atom is -0.457 e. The molecule has 0 amide bonds. The second-order valence-electron chi connectivity index (χ2n) is 3.42. The zero-order valence-corrected chi connectivity index (χ0v) is 10.9. The van der Waals surface area contributed by atoms with Gasteiger partial charge in [-0.1, -0.05) is 23.7 Å². The number of rotatable bonds is 3. The smallest absolute Gasteiger partial charge is 0.179 e. The highest BCUT2D eigenvalue weighted by molar-refractivity contribution is 9.10. The van der Waals surface area contributed by atoms with Crippen molar-refractivity contribution in [2.75, 3.05) is 0 Å². The molecule has 0 atom stereocenters. The molecule has 0 aliphatic rings. The van der Waals surface area contributed by atoms with E-state index in [1.54, 1.807) is 12.1 Å². The van der Waals surface area contributed by atoms with Gasteiger partial charge >= 0.3 is 0 Å². The molecule has 0 unspecified atom stereocenters. The first-order chi connectivity index (χ1) is 8.09. The fraction of sp³-hybridized carbons (Fsp3) is 0.0833. The summed E-state index contributed by atoms with van der Waals surface area (Å²) in [5, 5.41) is -0.0135. The number of carbonyl (C=O) groups is 1. The molecular weight excluding hydrogens is 310 g/mol. The topological polar surface area (TPSA) is 30.2 Å². The summed E-state index contributed by atoms with van der Waals surface area (Å²) in [6, 6.07) is 5.95. The number of Topliss-reactive ketones (excluding diaryl/α,β-unsaturated/α-hetero) is 1. The van der Waals surface area contributed by atoms with E-state index in [0.29, 0.717) is 15.8 Å². The fourth-order valence-electron chi connectivity index (χ4n) is 1.45. The molecule has 0 N–H and O–H groups in total. The lowest BCUT2D eigenvalue weighted by Gasteiger charge is -2.03. The summed E-state index contributed by atoms with van der Waals surface area (Å²) in [4.78, 5) is 11.9. The van der Waals surface area contributed by atoms with Crippen molar-refractivity contribution < 1.29 is 13.6 Å². The van der Waals surface area contributed by atoms with E-state index in [2.05, 4.69) is 15.9 Å². The van der Waals surface area contributed by atoms with Gasteiger partial charge in [-0.3, -0.25) is 4.79 Å². The molecule has 2 rings (SSSR count). The maximum atomic E-state index is 13.2. The Morgan fingerprint density at radius 3 is 2.82 bits per heavy atom. The molecule has 0 spiro atoms. The van der Waals surface area contributed by atoms with Gasteiger partial charge in [0, 0.05) is 6.42 Å². The molecule has 0 radical (unpaired) electrons. The van der Waals surface area contributed by atoms with Crippen LogP contribution in [0.3, 0.4) is 0 Å². The van der Waals surface area contributed by atoms with Gasteiger partial charge in [-0.05, 0) is 33.6 Å². The second kappa shape index (κ2) is 5.02. The lowest BCUT2D eigenvalue weighted by Crippen LogP contribution is -2.04. The van der Waals surface area contributed by atoms with Crippen molar-refractivity contribution >= 4 is 33.3 Å². The Labute approximate surface area is 111 Å². The Morgan fingerprint density at radius 2 is 2.18 bits per heavy atom. The molecule has 88 valence electrons. The van der Waals surface area contributed by atoms with Crippen molar-refractivity contribution in [1.29, 1.82) is 0 Å². The van der Waals surface area contributed by atoms with Crippen molar-refractivity contribution in [3.05, 3.63) is 57.2 Å². The van der Waals surface area contributed by atoms with Crippen LogP contribution in [0.5, 0.6) is 0 Å². The van der Waals surface area contributed by atoms with Gasteiger partial charge in [0.1, 0.15) is 5.82 Å². The molecule has 1 aromatic carbocycles. The second-order valence-corrected chi connectivity index (χ2v) is 4.52. The van der Waals surface area contributed by atoms with Crippen molar-refractivity contribution in [3.63, 3.8) is 0 Å². The maximum Gasteiger partial charge on any atom is 0.179 e. The van der Waals surface area contributed by atoms with Crippen LogP contribution in [-0.4, -0.2) is 5.78 Å². The first kappa shape index (κ1) is 12.3. The van der Waals surface area contributed by atoms with Gasteiger partial charge in [0.25, 0.3) is 0 Å². The summed E-state index contributed by atoms with van der Waals surface area (Å²) in [6.45, 7) is 0. The Balaban J connectivity index is 2.25. The minimum atomic E-state index is -0.525. The van der Waals surface area contributed by atoms with Gasteiger partial charge in [0.05, 0.1) is 16.8 Å². The van der Waals surface area contributed by atoms with Crippen LogP contribution in [0.25, 0.3) is 0 Å². The van der Waals surface area contributed by atoms with E-state index in [-0.39, 0.29) is 17.2 Å². The van der Waals surface area contributed by atoms with Gasteiger partial charge in [0.2, 0.25) is 0 Å². The third kappa shape index (κ3) is 2.58. The average Bonchev–Trinajstić information content (AvgIpc) is 2.71. The summed E-state index contributed by atoms with van der Waals surface area (Å²) in [5.41, 5.74) is 0.884. The summed E-state index contributed by atoms with van der Waals surface area (Å²) in [7, 11) is 0. The quantitative estimate of drug-likeness (QED) is 0.792. The highest BCUT2D eigenvalue weighted by Crippen LogP contribution is 2.24. The van der Waals surface area contributed by atoms with Gasteiger partial charge in [0.15, 0.2) is 10.5 Å². The SMILES string of the molecule is O=C(Cc1cccc(F)c1Cl)c1ccoc1Br. The maximum absolute atomic E-state index is 13.2. The van der Waals surface area contributed by atoms with Crippen molar-refractivity contribution in [2.24, 2.45) is 0 Å². The Bertz CT molecular complexity index is 565. The number of halogens is 3. The molecule has 0 fully saturated rings. The van der Waals surface area contributed by atoms with Crippen LogP contribution >= 0.6 is 27.5 Å². The van der Waals surface area contributed by atoms with E-state index in [9.17, 15) is 9.18 Å². The van der Waals surface area contributed by atoms with E-state index >= 15 is 0 Å². The Kier molecular flexibility index (Phi) is 3.64. The van der Waals surface area contributed by atoms with Crippen molar-refractivity contribution in [3.8, 4) is 0 Å². The van der Waals surface area contributed by atoms with Gasteiger partial charge < -0.3 is 4.42 Å². The lowest BCUT2D eigenvalue weighted by atomic mass is 10.1. The molecule has 1 heterocycles. The molecule has 0 saturated carbocycles. The molecule has 0 saturated heterocycles. The molecule has 2 aromatic rings. The molecule has 0 aliphatic carbocycles. The molecule has 2 nitrogen and oxygen atoms in total. The van der Waals surface area contributed by atoms with Crippen LogP contribution in [-0.2, 0) is 6.42 Å². The number of benzene rings is 1. The van der Waals surface area contributed by atoms with E-state index < -0.39 is 5.82 Å². The number of furan rings is 1. The highest BCUT2D eigenvalue weighted by Gasteiger charge is 2.15. The van der Waals surface area contributed by atoms with Gasteiger partial charge in [-0.25, -0.2) is 4.39 Å². The largest absolute Gasteiger partial charge is 0.457 e. The predicted octanol–water partition coefficient (Wildman–Crippen LogP) is 4.26. The molecule has 17 heavy (non-hydrogen) atoms. The summed E-state index contributed by atoms with van der Waals surface area (Å²) in [6.07, 6.45) is 1.44. The Morgan fingerprint density at radius 1 is 1.41 bits per heavy atom. The summed E-state index contributed by atoms with van der Waals surface area (Å²) in [5.74, 6) is -0.707. The summed E-state index contributed by atoms with van der Waals surface area (Å²) >= 11 is 8.89. The van der Waals surface area contributed by atoms with Crippen molar-refractivity contribution in [2.45, 2.75) is 6.42 Å². The third-order valence-corrected chi connectivity index (χ3v) is 3.34. The molecular formula is C12H7BrClFO2. The molecule has 1 aromatic heterocycles. The Hall–Kier alpha value is -1.13. The van der Waals surface area contributed by atoms with E-state index in [1.165, 1.54) is 18.4 Å². The fourth-order valence-corrected chi connectivity index (χ4v) is 2.10. The monoisotopic (exact) mass is 316 g/mol. The average molecular weight is 318 g/mol. The number of hydrogen-bond donors (Lipinski definition) is 0. The van der Waals surface area contributed by atoms with Crippen LogP contribution in [0.4, 0.5) is 4.39 Å². The molecule has 5 heteroatoms. The zero-order valence-electron chi connectivity index (χ0n) is 8.54. The molecule has 0 bridgehead atoms. The normalized spacial score (nSPS) is 10.5. The number of carbonyl (C=O) groups excluding carboxylic acids is 1. The van der Waals surface area contributed by atoms with Crippen LogP contribution < -0.4 is 0 Å². The van der Waals surface area contributed by atoms with Crippen LogP contribution in [0, 0.1) is 5.82 Å². The van der Waals surface area contributed by atoms with Crippen molar-refractivity contribution in [1.82, 2.24) is 0 Å². The van der Waals surface area contributed by atoms with E-state index in [4.69, 9.17) is 16.0 Å². The first-order valence-electron chi connectivity index (χ1n) is 4.78. The standard InChI is InChI=1S/C12H7BrClFO2/c13-12-8(4-5-17-12)10(16)6-7-2-1-3-9(15)11(7)14/h1-5H,6H2. The lowest BCUT2D eigenvalue weighted by molar-refractivity contribution is 0.0991. The number of ketones is 1.